The summed E-state index contributed by atoms with van der Waals surface area (Å²) in [4.78, 5) is 28.8. The predicted molar refractivity (Wildman–Crippen MR) is 104 cm³/mol. The van der Waals surface area contributed by atoms with Crippen LogP contribution in [0, 0.1) is 0 Å². The smallest absolute Gasteiger partial charge is 0.361 e. The van der Waals surface area contributed by atoms with E-state index in [1.54, 1.807) is 12.4 Å². The lowest BCUT2D eigenvalue weighted by atomic mass is 9.99. The van der Waals surface area contributed by atoms with Crippen LogP contribution >= 0.6 is 11.3 Å². The average molecular weight is 434 g/mol. The lowest BCUT2D eigenvalue weighted by molar-refractivity contribution is -0.241. The predicted octanol–water partition coefficient (Wildman–Crippen LogP) is 4.47. The van der Waals surface area contributed by atoms with Gasteiger partial charge in [-0.3, -0.25) is 0 Å². The SMILES string of the molecule is O=C(ON1CCC(c2nc(-c3cnc(-c4ccccc4)nc3)cs2)CC1)C(F)(F)F. The van der Waals surface area contributed by atoms with Crippen LogP contribution in [-0.2, 0) is 9.63 Å². The summed E-state index contributed by atoms with van der Waals surface area (Å²) >= 11 is 1.50. The van der Waals surface area contributed by atoms with E-state index in [0.29, 0.717) is 18.7 Å². The number of hydrogen-bond donors (Lipinski definition) is 0. The molecule has 0 atom stereocenters. The second kappa shape index (κ2) is 8.49. The second-order valence-electron chi connectivity index (χ2n) is 6.81. The molecule has 0 aliphatic carbocycles. The topological polar surface area (TPSA) is 68.2 Å². The Labute approximate surface area is 174 Å². The van der Waals surface area contributed by atoms with E-state index < -0.39 is 12.1 Å². The summed E-state index contributed by atoms with van der Waals surface area (Å²) in [6, 6.07) is 9.66. The Morgan fingerprint density at radius 3 is 2.37 bits per heavy atom. The number of nitrogens with zero attached hydrogens (tertiary/aromatic N) is 4. The molecular formula is C20H17F3N4O2S. The quantitative estimate of drug-likeness (QED) is 0.604. The first-order valence-corrected chi connectivity index (χ1v) is 10.2. The number of carbonyl (C=O) groups is 1. The molecular weight excluding hydrogens is 417 g/mol. The molecule has 30 heavy (non-hydrogen) atoms. The molecule has 3 heterocycles. The Balaban J connectivity index is 1.37. The molecule has 0 unspecified atom stereocenters. The minimum atomic E-state index is -4.99. The highest BCUT2D eigenvalue weighted by Gasteiger charge is 2.43. The molecule has 6 nitrogen and oxygen atoms in total. The summed E-state index contributed by atoms with van der Waals surface area (Å²) < 4.78 is 36.9. The van der Waals surface area contributed by atoms with Crippen molar-refractivity contribution >= 4 is 17.3 Å². The van der Waals surface area contributed by atoms with Crippen molar-refractivity contribution < 1.29 is 22.8 Å². The monoisotopic (exact) mass is 434 g/mol. The van der Waals surface area contributed by atoms with E-state index in [9.17, 15) is 18.0 Å². The van der Waals surface area contributed by atoms with Crippen LogP contribution in [0.4, 0.5) is 13.2 Å². The third kappa shape index (κ3) is 4.65. The van der Waals surface area contributed by atoms with E-state index in [1.807, 2.05) is 35.7 Å². The third-order valence-electron chi connectivity index (χ3n) is 4.75. The molecule has 10 heteroatoms. The van der Waals surface area contributed by atoms with Gasteiger partial charge < -0.3 is 4.84 Å². The minimum Gasteiger partial charge on any atom is -0.361 e. The highest BCUT2D eigenvalue weighted by Crippen LogP contribution is 2.33. The van der Waals surface area contributed by atoms with Crippen molar-refractivity contribution in [2.24, 2.45) is 0 Å². The zero-order valence-corrected chi connectivity index (χ0v) is 16.5. The lowest BCUT2D eigenvalue weighted by Gasteiger charge is -2.29. The van der Waals surface area contributed by atoms with Gasteiger partial charge in [0, 0.05) is 47.9 Å². The molecule has 1 saturated heterocycles. The second-order valence-corrected chi connectivity index (χ2v) is 7.70. The number of hydroxylamine groups is 2. The third-order valence-corrected chi connectivity index (χ3v) is 5.76. The molecule has 0 bridgehead atoms. The van der Waals surface area contributed by atoms with Gasteiger partial charge in [-0.1, -0.05) is 30.3 Å². The van der Waals surface area contributed by atoms with Gasteiger partial charge in [0.2, 0.25) is 0 Å². The number of carbonyl (C=O) groups excluding carboxylic acids is 1. The number of alkyl halides is 3. The Morgan fingerprint density at radius 2 is 1.73 bits per heavy atom. The van der Waals surface area contributed by atoms with Gasteiger partial charge in [0.05, 0.1) is 10.7 Å². The maximum atomic E-state index is 12.3. The molecule has 2 aromatic heterocycles. The number of hydrogen-bond acceptors (Lipinski definition) is 7. The normalized spacial score (nSPS) is 15.8. The van der Waals surface area contributed by atoms with Gasteiger partial charge in [-0.25, -0.2) is 19.7 Å². The lowest BCUT2D eigenvalue weighted by Crippen LogP contribution is -2.39. The fraction of sp³-hybridized carbons (Fsp3) is 0.300. The summed E-state index contributed by atoms with van der Waals surface area (Å²) in [5.74, 6) is -1.44. The maximum absolute atomic E-state index is 12.3. The van der Waals surface area contributed by atoms with Gasteiger partial charge in [-0.2, -0.15) is 13.2 Å². The number of thiazole rings is 1. The van der Waals surface area contributed by atoms with E-state index >= 15 is 0 Å². The van der Waals surface area contributed by atoms with E-state index in [-0.39, 0.29) is 19.0 Å². The first-order valence-electron chi connectivity index (χ1n) is 9.27. The largest absolute Gasteiger partial charge is 0.492 e. The molecule has 0 saturated carbocycles. The molecule has 1 aliphatic heterocycles. The van der Waals surface area contributed by atoms with Crippen LogP contribution in [0.5, 0.6) is 0 Å². The molecule has 0 spiro atoms. The summed E-state index contributed by atoms with van der Waals surface area (Å²) in [7, 11) is 0. The van der Waals surface area contributed by atoms with Crippen LogP contribution in [0.3, 0.4) is 0 Å². The highest BCUT2D eigenvalue weighted by atomic mass is 32.1. The van der Waals surface area contributed by atoms with Crippen molar-refractivity contribution in [3.8, 4) is 22.6 Å². The molecule has 4 rings (SSSR count). The van der Waals surface area contributed by atoms with Crippen LogP contribution < -0.4 is 0 Å². The van der Waals surface area contributed by atoms with Gasteiger partial charge in [-0.15, -0.1) is 16.4 Å². The van der Waals surface area contributed by atoms with Crippen molar-refractivity contribution in [3.63, 3.8) is 0 Å². The van der Waals surface area contributed by atoms with Crippen molar-refractivity contribution in [2.45, 2.75) is 24.9 Å². The molecule has 0 radical (unpaired) electrons. The van der Waals surface area contributed by atoms with Crippen molar-refractivity contribution in [2.75, 3.05) is 13.1 Å². The summed E-state index contributed by atoms with van der Waals surface area (Å²) in [5.41, 5.74) is 2.50. The molecule has 1 fully saturated rings. The van der Waals surface area contributed by atoms with Crippen LogP contribution in [0.2, 0.25) is 0 Å². The molecule has 156 valence electrons. The van der Waals surface area contributed by atoms with Crippen LogP contribution in [0.25, 0.3) is 22.6 Å². The van der Waals surface area contributed by atoms with E-state index in [1.165, 1.54) is 11.3 Å². The number of halogens is 3. The van der Waals surface area contributed by atoms with Gasteiger partial charge >= 0.3 is 12.1 Å². The number of aromatic nitrogens is 3. The van der Waals surface area contributed by atoms with Gasteiger partial charge in [-0.05, 0) is 12.8 Å². The number of piperidine rings is 1. The Bertz CT molecular complexity index is 1000. The molecule has 1 aromatic carbocycles. The van der Waals surface area contributed by atoms with Crippen molar-refractivity contribution in [1.82, 2.24) is 20.0 Å². The van der Waals surface area contributed by atoms with Crippen LogP contribution in [0.1, 0.15) is 23.8 Å². The zero-order chi connectivity index (χ0) is 21.1. The van der Waals surface area contributed by atoms with E-state index in [0.717, 1.165) is 26.9 Å². The Kier molecular flexibility index (Phi) is 5.78. The number of rotatable bonds is 4. The Morgan fingerprint density at radius 1 is 1.07 bits per heavy atom. The fourth-order valence-electron chi connectivity index (χ4n) is 3.17. The average Bonchev–Trinajstić information content (AvgIpc) is 3.25. The summed E-state index contributed by atoms with van der Waals surface area (Å²) in [5, 5.41) is 3.89. The maximum Gasteiger partial charge on any atom is 0.492 e. The van der Waals surface area contributed by atoms with Crippen molar-refractivity contribution in [3.05, 3.63) is 53.1 Å². The number of benzene rings is 1. The van der Waals surface area contributed by atoms with Gasteiger partial charge in [0.1, 0.15) is 0 Å². The van der Waals surface area contributed by atoms with Gasteiger partial charge in [0.15, 0.2) is 5.82 Å². The first-order chi connectivity index (χ1) is 14.4. The highest BCUT2D eigenvalue weighted by molar-refractivity contribution is 7.10. The fourth-order valence-corrected chi connectivity index (χ4v) is 4.17. The summed E-state index contributed by atoms with van der Waals surface area (Å²) in [6.45, 7) is 0.465. The molecule has 0 N–H and O–H groups in total. The standard InChI is InChI=1S/C20H17F3N4O2S/c21-20(22,23)19(28)29-27-8-6-14(7-9-27)18-26-16(12-30-18)15-10-24-17(25-11-15)13-4-2-1-3-5-13/h1-5,10-12,14H,6-9H2. The van der Waals surface area contributed by atoms with Crippen molar-refractivity contribution in [1.29, 1.82) is 0 Å². The van der Waals surface area contributed by atoms with Crippen LogP contribution in [0.15, 0.2) is 48.1 Å². The minimum absolute atomic E-state index is 0.106. The molecule has 1 aliphatic rings. The summed E-state index contributed by atoms with van der Waals surface area (Å²) in [6.07, 6.45) is -0.414. The van der Waals surface area contributed by atoms with E-state index in [4.69, 9.17) is 0 Å². The first kappa shape index (κ1) is 20.4. The van der Waals surface area contributed by atoms with E-state index in [2.05, 4.69) is 19.8 Å². The van der Waals surface area contributed by atoms with Gasteiger partial charge in [0.25, 0.3) is 0 Å². The Hall–Kier alpha value is -2.85. The molecule has 0 amide bonds. The zero-order valence-electron chi connectivity index (χ0n) is 15.7. The molecule has 3 aromatic rings. The van der Waals surface area contributed by atoms with Crippen LogP contribution in [-0.4, -0.2) is 45.3 Å².